The highest BCUT2D eigenvalue weighted by molar-refractivity contribution is 5.77. The highest BCUT2D eigenvalue weighted by Crippen LogP contribution is 2.17. The molecule has 0 bridgehead atoms. The van der Waals surface area contributed by atoms with E-state index in [-0.39, 0.29) is 18.8 Å². The molecule has 0 aromatic heterocycles. The molecule has 0 fully saturated rings. The van der Waals surface area contributed by atoms with Crippen molar-refractivity contribution in [2.24, 2.45) is 38.0 Å². The Bertz CT molecular complexity index is 284. The molecule has 0 unspecified atom stereocenters. The average Bonchev–Trinajstić information content (AvgIpc) is 2.12. The number of hydrogen-bond donors (Lipinski definition) is 3. The van der Waals surface area contributed by atoms with Gasteiger partial charge in [-0.25, -0.2) is 0 Å². The summed E-state index contributed by atoms with van der Waals surface area (Å²) in [5.74, 6) is 0.856. The van der Waals surface area contributed by atoms with Gasteiger partial charge in [-0.3, -0.25) is 9.98 Å². The third kappa shape index (κ3) is 30.1. The average molecular weight is 287 g/mol. The van der Waals surface area contributed by atoms with Crippen LogP contribution in [0.15, 0.2) is 9.98 Å². The van der Waals surface area contributed by atoms with Gasteiger partial charge >= 0.3 is 0 Å². The number of nitrogens with zero attached hydrogens (tertiary/aromatic N) is 2. The van der Waals surface area contributed by atoms with E-state index in [0.29, 0.717) is 11.3 Å². The molecule has 0 rings (SSSR count). The molecule has 20 heavy (non-hydrogen) atoms. The standard InChI is InChI=1S/C7H17N3.C7H16N2.CH4/c1-7(2,3)4-5-10-6(8)9;1-6(8)9-5-7(2,3)4;/h4-5H2,1-3H3,(H4,8,9,10);5H2,1-4H3,(H2,8,9);1H4. The Labute approximate surface area is 126 Å². The highest BCUT2D eigenvalue weighted by Gasteiger charge is 2.08. The molecule has 0 spiro atoms. The van der Waals surface area contributed by atoms with Crippen molar-refractivity contribution in [3.8, 4) is 0 Å². The fourth-order valence-electron chi connectivity index (χ4n) is 0.882. The molecule has 5 heteroatoms. The van der Waals surface area contributed by atoms with Crippen molar-refractivity contribution in [3.05, 3.63) is 0 Å². The summed E-state index contributed by atoms with van der Waals surface area (Å²) in [5, 5.41) is 0. The summed E-state index contributed by atoms with van der Waals surface area (Å²) < 4.78 is 0. The van der Waals surface area contributed by atoms with Gasteiger partial charge in [-0.1, -0.05) is 49.0 Å². The zero-order chi connectivity index (χ0) is 15.7. The van der Waals surface area contributed by atoms with Crippen LogP contribution < -0.4 is 17.2 Å². The molecule has 122 valence electrons. The van der Waals surface area contributed by atoms with E-state index in [9.17, 15) is 0 Å². The largest absolute Gasteiger partial charge is 0.388 e. The zero-order valence-corrected chi connectivity index (χ0v) is 13.7. The molecule has 6 N–H and O–H groups in total. The molecule has 0 saturated heterocycles. The van der Waals surface area contributed by atoms with E-state index in [1.165, 1.54) is 0 Å². The van der Waals surface area contributed by atoms with E-state index in [1.54, 1.807) is 0 Å². The number of nitrogens with two attached hydrogens (primary N) is 3. The third-order valence-corrected chi connectivity index (χ3v) is 1.96. The van der Waals surface area contributed by atoms with Gasteiger partial charge < -0.3 is 17.2 Å². The van der Waals surface area contributed by atoms with Crippen molar-refractivity contribution in [2.75, 3.05) is 13.1 Å². The second-order valence-corrected chi connectivity index (χ2v) is 7.14. The van der Waals surface area contributed by atoms with Gasteiger partial charge in [0.1, 0.15) is 0 Å². The molecule has 0 radical (unpaired) electrons. The summed E-state index contributed by atoms with van der Waals surface area (Å²) in [6, 6.07) is 0. The zero-order valence-electron chi connectivity index (χ0n) is 13.7. The predicted molar refractivity (Wildman–Crippen MR) is 93.1 cm³/mol. The predicted octanol–water partition coefficient (Wildman–Crippen LogP) is 2.74. The maximum absolute atomic E-state index is 5.35. The van der Waals surface area contributed by atoms with Crippen molar-refractivity contribution in [1.29, 1.82) is 0 Å². The molecule has 0 saturated carbocycles. The monoisotopic (exact) mass is 287 g/mol. The Morgan fingerprint density at radius 2 is 1.30 bits per heavy atom. The lowest BCUT2D eigenvalue weighted by atomic mass is 9.93. The lowest BCUT2D eigenvalue weighted by Gasteiger charge is -2.15. The number of guanidine groups is 1. The van der Waals surface area contributed by atoms with Gasteiger partial charge in [0.25, 0.3) is 0 Å². The maximum Gasteiger partial charge on any atom is 0.185 e. The highest BCUT2D eigenvalue weighted by atomic mass is 15.0. The second kappa shape index (κ2) is 10.5. The van der Waals surface area contributed by atoms with Crippen LogP contribution in [-0.2, 0) is 0 Å². The normalized spacial score (nSPS) is 11.8. The minimum absolute atomic E-state index is 0. The molecule has 0 atom stereocenters. The van der Waals surface area contributed by atoms with E-state index >= 15 is 0 Å². The minimum atomic E-state index is 0. The fourth-order valence-corrected chi connectivity index (χ4v) is 0.882. The number of amidine groups is 1. The Hall–Kier alpha value is -1.26. The van der Waals surface area contributed by atoms with Crippen molar-refractivity contribution in [1.82, 2.24) is 0 Å². The smallest absolute Gasteiger partial charge is 0.185 e. The third-order valence-electron chi connectivity index (χ3n) is 1.96. The van der Waals surface area contributed by atoms with E-state index in [0.717, 1.165) is 19.5 Å². The Morgan fingerprint density at radius 3 is 1.50 bits per heavy atom. The molecule has 0 aliphatic carbocycles. The summed E-state index contributed by atoms with van der Waals surface area (Å²) in [7, 11) is 0. The number of rotatable bonds is 3. The topological polar surface area (TPSA) is 103 Å². The molecular weight excluding hydrogens is 250 g/mol. The lowest BCUT2D eigenvalue weighted by Crippen LogP contribution is -2.23. The van der Waals surface area contributed by atoms with E-state index in [2.05, 4.69) is 51.5 Å². The fraction of sp³-hybridized carbons (Fsp3) is 0.867. The summed E-state index contributed by atoms with van der Waals surface area (Å²) >= 11 is 0. The van der Waals surface area contributed by atoms with Crippen LogP contribution in [0.4, 0.5) is 0 Å². The first-order chi connectivity index (χ1) is 8.33. The van der Waals surface area contributed by atoms with E-state index in [4.69, 9.17) is 17.2 Å². The molecule has 0 aromatic carbocycles. The maximum atomic E-state index is 5.35. The van der Waals surface area contributed by atoms with E-state index in [1.807, 2.05) is 6.92 Å². The van der Waals surface area contributed by atoms with Crippen LogP contribution in [0.1, 0.15) is 62.3 Å². The number of hydrogen-bond acceptors (Lipinski definition) is 2. The summed E-state index contributed by atoms with van der Waals surface area (Å²) in [5.41, 5.74) is 16.2. The quantitative estimate of drug-likeness (QED) is 0.549. The molecule has 0 heterocycles. The Kier molecular flexibility index (Phi) is 12.5. The molecule has 0 aliphatic heterocycles. The first kappa shape index (κ1) is 23.8. The number of aliphatic imine (C=N–C) groups is 2. The van der Waals surface area contributed by atoms with Gasteiger partial charge in [0.15, 0.2) is 5.96 Å². The van der Waals surface area contributed by atoms with Gasteiger partial charge in [0.05, 0.1) is 5.84 Å². The molecule has 0 aromatic rings. The van der Waals surface area contributed by atoms with Gasteiger partial charge in [0.2, 0.25) is 0 Å². The first-order valence-corrected chi connectivity index (χ1v) is 6.65. The van der Waals surface area contributed by atoms with Gasteiger partial charge in [-0.05, 0) is 24.2 Å². The second-order valence-electron chi connectivity index (χ2n) is 7.14. The summed E-state index contributed by atoms with van der Waals surface area (Å²) in [6.07, 6.45) is 1.02. The van der Waals surface area contributed by atoms with Gasteiger partial charge in [-0.15, -0.1) is 0 Å². The molecule has 0 amide bonds. The molecule has 0 aliphatic rings. The van der Waals surface area contributed by atoms with E-state index < -0.39 is 0 Å². The van der Waals surface area contributed by atoms with Crippen LogP contribution in [0.25, 0.3) is 0 Å². The van der Waals surface area contributed by atoms with Crippen LogP contribution in [0.2, 0.25) is 0 Å². The van der Waals surface area contributed by atoms with Crippen molar-refractivity contribution in [2.45, 2.75) is 62.3 Å². The van der Waals surface area contributed by atoms with Crippen LogP contribution in [0, 0.1) is 10.8 Å². The summed E-state index contributed by atoms with van der Waals surface area (Å²) in [6.45, 7) is 16.3. The molecular formula is C15H37N5. The van der Waals surface area contributed by atoms with Crippen molar-refractivity contribution < 1.29 is 0 Å². The van der Waals surface area contributed by atoms with Crippen molar-refractivity contribution in [3.63, 3.8) is 0 Å². The minimum Gasteiger partial charge on any atom is -0.388 e. The van der Waals surface area contributed by atoms with Crippen LogP contribution in [0.5, 0.6) is 0 Å². The van der Waals surface area contributed by atoms with Gasteiger partial charge in [0, 0.05) is 13.1 Å². The van der Waals surface area contributed by atoms with Crippen LogP contribution in [0.3, 0.4) is 0 Å². The first-order valence-electron chi connectivity index (χ1n) is 6.65. The van der Waals surface area contributed by atoms with Crippen LogP contribution >= 0.6 is 0 Å². The Morgan fingerprint density at radius 1 is 0.850 bits per heavy atom. The van der Waals surface area contributed by atoms with Crippen LogP contribution in [-0.4, -0.2) is 24.9 Å². The van der Waals surface area contributed by atoms with Gasteiger partial charge in [-0.2, -0.15) is 0 Å². The van der Waals surface area contributed by atoms with Crippen molar-refractivity contribution >= 4 is 11.8 Å². The Balaban J connectivity index is -0.000000277. The lowest BCUT2D eigenvalue weighted by molar-refractivity contribution is 0.385. The SMILES string of the molecule is C.CC(C)(C)CCN=C(N)N.CC(N)=NCC(C)(C)C. The molecule has 5 nitrogen and oxygen atoms in total. The summed E-state index contributed by atoms with van der Waals surface area (Å²) in [4.78, 5) is 7.97.